The van der Waals surface area contributed by atoms with Crippen molar-refractivity contribution in [3.63, 3.8) is 0 Å². The fraction of sp³-hybridized carbons (Fsp3) is 0.227. The summed E-state index contributed by atoms with van der Waals surface area (Å²) in [5.74, 6) is 1.79. The quantitative estimate of drug-likeness (QED) is 0.488. The van der Waals surface area contributed by atoms with Crippen LogP contribution < -0.4 is 10.2 Å². The zero-order valence-corrected chi connectivity index (χ0v) is 17.3. The summed E-state index contributed by atoms with van der Waals surface area (Å²) in [7, 11) is 1.96. The van der Waals surface area contributed by atoms with E-state index < -0.39 is 0 Å². The average Bonchev–Trinajstić information content (AvgIpc) is 3.37. The lowest BCUT2D eigenvalue weighted by Gasteiger charge is -2.30. The van der Waals surface area contributed by atoms with E-state index in [1.54, 1.807) is 10.8 Å². The van der Waals surface area contributed by atoms with Crippen LogP contribution in [-0.2, 0) is 20.0 Å². The third kappa shape index (κ3) is 2.97. The Hall–Kier alpha value is -4.01. The van der Waals surface area contributed by atoms with Crippen molar-refractivity contribution in [2.75, 3.05) is 16.8 Å². The lowest BCUT2D eigenvalue weighted by Crippen LogP contribution is -2.32. The Morgan fingerprint density at radius 2 is 2.00 bits per heavy atom. The molecule has 5 aromatic rings. The highest BCUT2D eigenvalue weighted by Gasteiger charge is 2.21. The number of fused-ring (bicyclic) bond motifs is 3. The van der Waals surface area contributed by atoms with Crippen molar-refractivity contribution in [1.82, 2.24) is 34.6 Å². The molecule has 154 valence electrons. The Labute approximate surface area is 178 Å². The van der Waals surface area contributed by atoms with Gasteiger partial charge in [0, 0.05) is 37.6 Å². The Balaban J connectivity index is 1.31. The second kappa shape index (κ2) is 6.76. The maximum Gasteiger partial charge on any atom is 0.177 e. The van der Waals surface area contributed by atoms with Gasteiger partial charge in [0.15, 0.2) is 17.3 Å². The number of aryl methyl sites for hydroxylation is 2. The van der Waals surface area contributed by atoms with E-state index in [4.69, 9.17) is 10.1 Å². The van der Waals surface area contributed by atoms with Crippen LogP contribution in [0.4, 0.5) is 17.3 Å². The van der Waals surface area contributed by atoms with Crippen molar-refractivity contribution >= 4 is 33.9 Å². The van der Waals surface area contributed by atoms with Crippen LogP contribution in [0, 0.1) is 6.92 Å². The molecule has 0 bridgehead atoms. The summed E-state index contributed by atoms with van der Waals surface area (Å²) in [5, 5.41) is 21.9. The highest BCUT2D eigenvalue weighted by atomic mass is 15.4. The van der Waals surface area contributed by atoms with Crippen LogP contribution in [0.2, 0.25) is 0 Å². The number of para-hydroxylation sites is 1. The molecular weight excluding hydrogens is 390 g/mol. The van der Waals surface area contributed by atoms with E-state index in [9.17, 15) is 0 Å². The Morgan fingerprint density at radius 3 is 2.94 bits per heavy atom. The first-order valence-electron chi connectivity index (χ1n) is 10.2. The van der Waals surface area contributed by atoms with Crippen LogP contribution >= 0.6 is 0 Å². The molecule has 1 aliphatic heterocycles. The van der Waals surface area contributed by atoms with E-state index in [1.807, 2.05) is 36.1 Å². The van der Waals surface area contributed by atoms with Crippen LogP contribution in [0.25, 0.3) is 16.6 Å². The summed E-state index contributed by atoms with van der Waals surface area (Å²) in [6.45, 7) is 3.69. The second-order valence-electron chi connectivity index (χ2n) is 7.90. The van der Waals surface area contributed by atoms with Gasteiger partial charge in [-0.3, -0.25) is 9.67 Å². The van der Waals surface area contributed by atoms with Gasteiger partial charge in [0.05, 0.1) is 17.4 Å². The van der Waals surface area contributed by atoms with Crippen molar-refractivity contribution < 1.29 is 0 Å². The van der Waals surface area contributed by atoms with Crippen molar-refractivity contribution in [2.24, 2.45) is 7.05 Å². The van der Waals surface area contributed by atoms with Crippen LogP contribution in [-0.4, -0.2) is 41.1 Å². The molecule has 0 spiro atoms. The fourth-order valence-electron chi connectivity index (χ4n) is 4.28. The van der Waals surface area contributed by atoms with Crippen LogP contribution in [0.1, 0.15) is 16.8 Å². The molecule has 0 atom stereocenters. The lowest BCUT2D eigenvalue weighted by molar-refractivity contribution is 0.689. The molecule has 0 saturated carbocycles. The molecule has 1 aliphatic rings. The fourth-order valence-corrected chi connectivity index (χ4v) is 4.28. The van der Waals surface area contributed by atoms with Crippen LogP contribution in [0.15, 0.2) is 48.9 Å². The van der Waals surface area contributed by atoms with Gasteiger partial charge < -0.3 is 10.2 Å². The predicted molar refractivity (Wildman–Crippen MR) is 119 cm³/mol. The monoisotopic (exact) mass is 411 g/mol. The normalized spacial score (nSPS) is 13.7. The molecule has 0 amide bonds. The summed E-state index contributed by atoms with van der Waals surface area (Å²) in [6, 6.07) is 12.4. The number of pyridine rings is 1. The van der Waals surface area contributed by atoms with Crippen molar-refractivity contribution in [3.8, 4) is 0 Å². The molecule has 1 N–H and O–H groups in total. The Kier molecular flexibility index (Phi) is 3.89. The number of benzene rings is 1. The van der Waals surface area contributed by atoms with Crippen molar-refractivity contribution in [3.05, 3.63) is 65.7 Å². The van der Waals surface area contributed by atoms with E-state index in [2.05, 4.69) is 50.6 Å². The zero-order valence-electron chi connectivity index (χ0n) is 17.3. The lowest BCUT2D eigenvalue weighted by atomic mass is 10.0. The topological polar surface area (TPSA) is 89.1 Å². The summed E-state index contributed by atoms with van der Waals surface area (Å²) in [6.07, 6.45) is 4.41. The molecule has 6 rings (SSSR count). The number of nitrogens with one attached hydrogen (secondary N) is 1. The van der Waals surface area contributed by atoms with Gasteiger partial charge in [0.1, 0.15) is 6.33 Å². The van der Waals surface area contributed by atoms with Crippen molar-refractivity contribution in [2.45, 2.75) is 19.9 Å². The number of anilines is 3. The van der Waals surface area contributed by atoms with E-state index in [-0.39, 0.29) is 0 Å². The van der Waals surface area contributed by atoms with E-state index in [0.717, 1.165) is 64.6 Å². The predicted octanol–water partition coefficient (Wildman–Crippen LogP) is 3.02. The summed E-state index contributed by atoms with van der Waals surface area (Å²) >= 11 is 0. The summed E-state index contributed by atoms with van der Waals surface area (Å²) in [5.41, 5.74) is 6.20. The van der Waals surface area contributed by atoms with Gasteiger partial charge in [-0.1, -0.05) is 12.1 Å². The molecular formula is C22H21N9. The smallest absolute Gasteiger partial charge is 0.177 e. The van der Waals surface area contributed by atoms with Crippen LogP contribution in [0.5, 0.6) is 0 Å². The number of aromatic nitrogens is 7. The Morgan fingerprint density at radius 1 is 1.10 bits per heavy atom. The summed E-state index contributed by atoms with van der Waals surface area (Å²) in [4.78, 5) is 7.02. The molecule has 0 fully saturated rings. The first-order chi connectivity index (χ1) is 15.2. The van der Waals surface area contributed by atoms with Gasteiger partial charge in [-0.25, -0.2) is 0 Å². The average molecular weight is 411 g/mol. The molecule has 9 nitrogen and oxygen atoms in total. The third-order valence-electron chi connectivity index (χ3n) is 5.82. The molecule has 0 aliphatic carbocycles. The molecule has 0 radical (unpaired) electrons. The molecule has 1 aromatic carbocycles. The second-order valence-corrected chi connectivity index (χ2v) is 7.90. The minimum Gasteiger partial charge on any atom is -0.350 e. The number of nitrogens with zero attached hydrogens (tertiary/aromatic N) is 8. The van der Waals surface area contributed by atoms with E-state index >= 15 is 0 Å². The summed E-state index contributed by atoms with van der Waals surface area (Å²) < 4.78 is 3.61. The molecule has 0 unspecified atom stereocenters. The van der Waals surface area contributed by atoms with Crippen LogP contribution in [0.3, 0.4) is 0 Å². The van der Waals surface area contributed by atoms with E-state index in [0.29, 0.717) is 0 Å². The maximum atomic E-state index is 4.73. The Bertz CT molecular complexity index is 1430. The first kappa shape index (κ1) is 17.8. The first-order valence-corrected chi connectivity index (χ1v) is 10.2. The van der Waals surface area contributed by atoms with Gasteiger partial charge in [0.25, 0.3) is 0 Å². The highest BCUT2D eigenvalue weighted by Crippen LogP contribution is 2.29. The maximum absolute atomic E-state index is 4.73. The standard InChI is InChI=1S/C22H21N9/c1-14-9-20-26-24-13-31(20)28-22(14)30-8-7-18-15(12-30)10-16(11-23-18)25-21-17-5-3-4-6-19(17)29(2)27-21/h3-6,9-11,13H,7-8,12H2,1-2H3,(H,25,27). The van der Waals surface area contributed by atoms with Gasteiger partial charge in [-0.05, 0) is 42.3 Å². The van der Waals surface area contributed by atoms with Gasteiger partial charge in [0.2, 0.25) is 0 Å². The molecule has 31 heavy (non-hydrogen) atoms. The van der Waals surface area contributed by atoms with Gasteiger partial charge in [-0.15, -0.1) is 15.3 Å². The number of hydrogen-bond donors (Lipinski definition) is 1. The highest BCUT2D eigenvalue weighted by molar-refractivity contribution is 5.91. The van der Waals surface area contributed by atoms with E-state index in [1.165, 1.54) is 5.56 Å². The molecule has 0 saturated heterocycles. The minimum atomic E-state index is 0.752. The zero-order chi connectivity index (χ0) is 20.9. The number of rotatable bonds is 3. The van der Waals surface area contributed by atoms with Gasteiger partial charge in [-0.2, -0.15) is 9.61 Å². The SMILES string of the molecule is Cc1cc2nncn2nc1N1CCc2ncc(Nc3nn(C)c4ccccc34)cc2C1. The third-order valence-corrected chi connectivity index (χ3v) is 5.82. The molecule has 4 aromatic heterocycles. The van der Waals surface area contributed by atoms with Gasteiger partial charge >= 0.3 is 0 Å². The molecule has 5 heterocycles. The molecule has 9 heteroatoms. The number of hydrogen-bond acceptors (Lipinski definition) is 7. The largest absolute Gasteiger partial charge is 0.350 e. The minimum absolute atomic E-state index is 0.752. The van der Waals surface area contributed by atoms with Crippen molar-refractivity contribution in [1.29, 1.82) is 0 Å².